The minimum atomic E-state index is -0.783. The van der Waals surface area contributed by atoms with Crippen LogP contribution in [-0.4, -0.2) is 88.7 Å². The number of hydrogen-bond acceptors (Lipinski definition) is 10. The van der Waals surface area contributed by atoms with Crippen LogP contribution in [0.3, 0.4) is 0 Å². The fraction of sp³-hybridized carbons (Fsp3) is 0.483. The number of carbonyl (C=O) groups is 3. The normalized spacial score (nSPS) is 15.1. The molecule has 1 saturated heterocycles. The fourth-order valence-electron chi connectivity index (χ4n) is 4.41. The van der Waals surface area contributed by atoms with Gasteiger partial charge in [0.2, 0.25) is 11.7 Å². The van der Waals surface area contributed by atoms with E-state index in [4.69, 9.17) is 18.4 Å². The Balaban J connectivity index is 1.20. The molecule has 1 N–H and O–H groups in total. The highest BCUT2D eigenvalue weighted by Gasteiger charge is 2.26. The number of hydrogen-bond donors (Lipinski definition) is 1. The first kappa shape index (κ1) is 30.7. The number of ether oxygens (including phenoxy) is 2. The fourth-order valence-corrected chi connectivity index (χ4v) is 4.41. The monoisotopic (exact) mass is 585 g/mol. The van der Waals surface area contributed by atoms with Crippen LogP contribution in [0.15, 0.2) is 45.5 Å². The first-order valence-corrected chi connectivity index (χ1v) is 13.9. The molecule has 0 bridgehead atoms. The number of halogens is 1. The summed E-state index contributed by atoms with van der Waals surface area (Å²) in [7, 11) is 0. The van der Waals surface area contributed by atoms with Gasteiger partial charge in [-0.05, 0) is 71.3 Å². The average Bonchev–Trinajstić information content (AvgIpc) is 3.60. The van der Waals surface area contributed by atoms with Crippen molar-refractivity contribution >= 4 is 17.8 Å². The number of benzene rings is 1. The molecular weight excluding hydrogens is 549 g/mol. The van der Waals surface area contributed by atoms with Crippen molar-refractivity contribution in [1.29, 1.82) is 0 Å². The summed E-state index contributed by atoms with van der Waals surface area (Å²) in [5.74, 6) is -1.86. The van der Waals surface area contributed by atoms with Gasteiger partial charge in [-0.1, -0.05) is 5.16 Å². The number of aromatic nitrogens is 2. The van der Waals surface area contributed by atoms with Crippen LogP contribution in [0.2, 0.25) is 0 Å². The highest BCUT2D eigenvalue weighted by molar-refractivity contribution is 5.95. The van der Waals surface area contributed by atoms with E-state index >= 15 is 0 Å². The summed E-state index contributed by atoms with van der Waals surface area (Å²) in [6.45, 7) is 10.6. The molecule has 3 heterocycles. The molecule has 3 aromatic rings. The van der Waals surface area contributed by atoms with E-state index in [0.29, 0.717) is 38.4 Å². The Hall–Kier alpha value is -4.26. The van der Waals surface area contributed by atoms with Crippen LogP contribution in [0.1, 0.15) is 61.8 Å². The van der Waals surface area contributed by atoms with Crippen LogP contribution in [0.4, 0.5) is 4.39 Å². The summed E-state index contributed by atoms with van der Waals surface area (Å²) in [5.41, 5.74) is -0.664. The predicted octanol–water partition coefficient (Wildman–Crippen LogP) is 3.55. The molecule has 2 aromatic heterocycles. The van der Waals surface area contributed by atoms with Gasteiger partial charge in [0.15, 0.2) is 5.76 Å². The first-order valence-electron chi connectivity index (χ1n) is 13.9. The molecule has 2 amide bonds. The van der Waals surface area contributed by atoms with Gasteiger partial charge in [0, 0.05) is 32.2 Å². The molecule has 13 heteroatoms. The van der Waals surface area contributed by atoms with Gasteiger partial charge in [-0.25, -0.2) is 9.18 Å². The Morgan fingerprint density at radius 2 is 1.95 bits per heavy atom. The Morgan fingerprint density at radius 1 is 1.14 bits per heavy atom. The maximum absolute atomic E-state index is 14.8. The zero-order valence-corrected chi connectivity index (χ0v) is 24.2. The Morgan fingerprint density at radius 3 is 2.67 bits per heavy atom. The lowest BCUT2D eigenvalue weighted by Crippen LogP contribution is -2.48. The summed E-state index contributed by atoms with van der Waals surface area (Å²) < 4.78 is 35.7. The minimum Gasteiger partial charge on any atom is -0.493 e. The van der Waals surface area contributed by atoms with E-state index < -0.39 is 29.3 Å². The molecule has 1 aliphatic heterocycles. The van der Waals surface area contributed by atoms with Crippen molar-refractivity contribution in [2.75, 3.05) is 39.3 Å². The van der Waals surface area contributed by atoms with Crippen molar-refractivity contribution in [1.82, 2.24) is 25.3 Å². The van der Waals surface area contributed by atoms with E-state index in [2.05, 4.69) is 20.4 Å². The average molecular weight is 586 g/mol. The number of esters is 1. The summed E-state index contributed by atoms with van der Waals surface area (Å²) in [6.07, 6.45) is 2.92. The van der Waals surface area contributed by atoms with Gasteiger partial charge in [0.05, 0.1) is 18.4 Å². The van der Waals surface area contributed by atoms with Crippen molar-refractivity contribution in [2.45, 2.75) is 52.2 Å². The smallest absolute Gasteiger partial charge is 0.397 e. The number of nitrogens with zero attached hydrogens (tertiary/aromatic N) is 4. The standard InChI is InChI=1S/C29H36FN5O7/c1-19(31-25(36)23-8-5-16-40-23)27(37)35-13-6-11-34(14-15-35)12-7-17-39-20-9-10-21(22(30)18-20)24-32-26(42-33-24)28(38)41-29(2,3)4/h5,8-10,16,18-19H,6-7,11-15,17H2,1-4H3,(H,31,36)/t19-/m0/s1. The van der Waals surface area contributed by atoms with E-state index in [1.54, 1.807) is 50.8 Å². The Bertz CT molecular complexity index is 1370. The predicted molar refractivity (Wildman–Crippen MR) is 148 cm³/mol. The lowest BCUT2D eigenvalue weighted by atomic mass is 10.2. The van der Waals surface area contributed by atoms with Gasteiger partial charge >= 0.3 is 11.9 Å². The van der Waals surface area contributed by atoms with Gasteiger partial charge in [-0.15, -0.1) is 0 Å². The molecule has 0 unspecified atom stereocenters. The van der Waals surface area contributed by atoms with E-state index in [9.17, 15) is 18.8 Å². The van der Waals surface area contributed by atoms with Gasteiger partial charge in [0.25, 0.3) is 5.91 Å². The highest BCUT2D eigenvalue weighted by atomic mass is 19.1. The zero-order chi connectivity index (χ0) is 30.3. The first-order chi connectivity index (χ1) is 20.0. The number of carbonyl (C=O) groups excluding carboxylic acids is 3. The molecular formula is C29H36FN5O7. The number of rotatable bonds is 10. The summed E-state index contributed by atoms with van der Waals surface area (Å²) in [5, 5.41) is 6.38. The Kier molecular flexibility index (Phi) is 9.94. The van der Waals surface area contributed by atoms with E-state index in [1.165, 1.54) is 18.4 Å². The van der Waals surface area contributed by atoms with Gasteiger partial charge in [0.1, 0.15) is 23.2 Å². The van der Waals surface area contributed by atoms with Crippen LogP contribution in [0.25, 0.3) is 11.4 Å². The lowest BCUT2D eigenvalue weighted by Gasteiger charge is -2.25. The molecule has 226 valence electrons. The minimum absolute atomic E-state index is 0.0668. The topological polar surface area (TPSA) is 140 Å². The quantitative estimate of drug-likeness (QED) is 0.277. The van der Waals surface area contributed by atoms with E-state index in [-0.39, 0.29) is 28.9 Å². The summed E-state index contributed by atoms with van der Waals surface area (Å²) >= 11 is 0. The molecule has 1 aliphatic rings. The van der Waals surface area contributed by atoms with Crippen LogP contribution in [0.5, 0.6) is 5.75 Å². The molecule has 1 atom stereocenters. The molecule has 0 aliphatic carbocycles. The molecule has 1 aromatic carbocycles. The highest BCUT2D eigenvalue weighted by Crippen LogP contribution is 2.25. The van der Waals surface area contributed by atoms with Gasteiger partial charge in [-0.2, -0.15) is 4.98 Å². The van der Waals surface area contributed by atoms with Crippen molar-refractivity contribution < 1.29 is 37.2 Å². The molecule has 4 rings (SSSR count). The number of amides is 2. The molecule has 42 heavy (non-hydrogen) atoms. The lowest BCUT2D eigenvalue weighted by molar-refractivity contribution is -0.132. The van der Waals surface area contributed by atoms with Crippen molar-refractivity contribution in [3.63, 3.8) is 0 Å². The van der Waals surface area contributed by atoms with Crippen molar-refractivity contribution in [3.8, 4) is 17.1 Å². The summed E-state index contributed by atoms with van der Waals surface area (Å²) in [6, 6.07) is 6.80. The third-order valence-electron chi connectivity index (χ3n) is 6.43. The van der Waals surface area contributed by atoms with Crippen LogP contribution < -0.4 is 10.1 Å². The third kappa shape index (κ3) is 8.38. The van der Waals surface area contributed by atoms with Crippen LogP contribution in [-0.2, 0) is 9.53 Å². The van der Waals surface area contributed by atoms with Crippen molar-refractivity contribution in [2.24, 2.45) is 0 Å². The molecule has 12 nitrogen and oxygen atoms in total. The molecule has 1 fully saturated rings. The van der Waals surface area contributed by atoms with Gasteiger partial charge < -0.3 is 33.5 Å². The van der Waals surface area contributed by atoms with Gasteiger partial charge in [-0.3, -0.25) is 9.59 Å². The zero-order valence-electron chi connectivity index (χ0n) is 24.2. The SMILES string of the molecule is C[C@H](NC(=O)c1ccco1)C(=O)N1CCCN(CCCOc2ccc(-c3noc(C(=O)OC(C)(C)C)n3)c(F)c2)CC1. The van der Waals surface area contributed by atoms with Crippen molar-refractivity contribution in [3.05, 3.63) is 54.1 Å². The molecule has 0 saturated carbocycles. The molecule has 0 spiro atoms. The van der Waals surface area contributed by atoms with Crippen LogP contribution in [0, 0.1) is 5.82 Å². The van der Waals surface area contributed by atoms with E-state index in [0.717, 1.165) is 19.5 Å². The largest absolute Gasteiger partial charge is 0.493 e. The van der Waals surface area contributed by atoms with Crippen LogP contribution >= 0.6 is 0 Å². The molecule has 0 radical (unpaired) electrons. The second-order valence-electron chi connectivity index (χ2n) is 11.0. The second kappa shape index (κ2) is 13.6. The summed E-state index contributed by atoms with van der Waals surface area (Å²) in [4.78, 5) is 45.2. The maximum Gasteiger partial charge on any atom is 0.397 e. The van der Waals surface area contributed by atoms with E-state index in [1.807, 2.05) is 0 Å². The Labute approximate surface area is 243 Å². The maximum atomic E-state index is 14.8. The third-order valence-corrected chi connectivity index (χ3v) is 6.43. The number of furan rings is 1. The number of nitrogens with one attached hydrogen (secondary N) is 1. The second-order valence-corrected chi connectivity index (χ2v) is 11.0.